The first-order valence-electron chi connectivity index (χ1n) is 5.13. The van der Waals surface area contributed by atoms with Crippen LogP contribution in [0.1, 0.15) is 18.9 Å². The van der Waals surface area contributed by atoms with E-state index in [9.17, 15) is 0 Å². The second-order valence-corrected chi connectivity index (χ2v) is 3.37. The second-order valence-electron chi connectivity index (χ2n) is 3.37. The molecule has 1 atom stereocenters. The maximum absolute atomic E-state index is 8.48. The summed E-state index contributed by atoms with van der Waals surface area (Å²) in [5, 5.41) is 8.48. The summed E-state index contributed by atoms with van der Waals surface area (Å²) in [7, 11) is 0. The Kier molecular flexibility index (Phi) is 4.65. The summed E-state index contributed by atoms with van der Waals surface area (Å²) >= 11 is 0. The van der Waals surface area contributed by atoms with Crippen LogP contribution in [0.4, 0.5) is 0 Å². The van der Waals surface area contributed by atoms with Crippen molar-refractivity contribution in [3.63, 3.8) is 0 Å². The molecule has 0 amide bonds. The molecule has 0 bridgehead atoms. The molecule has 0 aliphatic rings. The van der Waals surface area contributed by atoms with Crippen LogP contribution in [-0.2, 0) is 6.42 Å². The van der Waals surface area contributed by atoms with Crippen LogP contribution in [0.2, 0.25) is 0 Å². The van der Waals surface area contributed by atoms with Crippen LogP contribution in [0.5, 0.6) is 5.75 Å². The molecule has 1 aromatic rings. The molecule has 0 saturated carbocycles. The van der Waals surface area contributed by atoms with E-state index in [0.717, 1.165) is 12.2 Å². The molecule has 3 nitrogen and oxygen atoms in total. The van der Waals surface area contributed by atoms with Gasteiger partial charge in [0.1, 0.15) is 5.75 Å². The minimum atomic E-state index is -0.431. The molecule has 0 radical (unpaired) electrons. The lowest BCUT2D eigenvalue weighted by molar-refractivity contribution is 0.306. The number of aryl methyl sites for hydroxylation is 1. The molecule has 2 N–H and O–H groups in total. The molecule has 15 heavy (non-hydrogen) atoms. The van der Waals surface area contributed by atoms with Gasteiger partial charge in [-0.2, -0.15) is 5.26 Å². The first-order chi connectivity index (χ1) is 7.26. The number of nitrogens with two attached hydrogens (primary N) is 1. The second kappa shape index (κ2) is 6.05. The van der Waals surface area contributed by atoms with Crippen LogP contribution in [0.3, 0.4) is 0 Å². The number of nitrogens with zero attached hydrogens (tertiary/aromatic N) is 1. The highest BCUT2D eigenvalue weighted by molar-refractivity contribution is 5.28. The Hall–Kier alpha value is -1.53. The van der Waals surface area contributed by atoms with Gasteiger partial charge in [-0.3, -0.25) is 0 Å². The van der Waals surface area contributed by atoms with Gasteiger partial charge >= 0.3 is 0 Å². The molecule has 80 valence electrons. The van der Waals surface area contributed by atoms with E-state index in [-0.39, 0.29) is 0 Å². The van der Waals surface area contributed by atoms with Crippen molar-refractivity contribution in [2.24, 2.45) is 5.73 Å². The molecule has 1 unspecified atom stereocenters. The maximum Gasteiger partial charge on any atom is 0.119 e. The Morgan fingerprint density at radius 1 is 1.53 bits per heavy atom. The zero-order valence-electron chi connectivity index (χ0n) is 8.94. The average Bonchev–Trinajstić information content (AvgIpc) is 2.29. The van der Waals surface area contributed by atoms with Crippen LogP contribution in [0, 0.1) is 11.3 Å². The van der Waals surface area contributed by atoms with Crippen molar-refractivity contribution in [1.82, 2.24) is 0 Å². The lowest BCUT2D eigenvalue weighted by atomic mass is 10.2. The van der Waals surface area contributed by atoms with E-state index in [1.165, 1.54) is 5.56 Å². The zero-order valence-corrected chi connectivity index (χ0v) is 8.94. The van der Waals surface area contributed by atoms with Crippen molar-refractivity contribution in [1.29, 1.82) is 5.26 Å². The van der Waals surface area contributed by atoms with Gasteiger partial charge in [0.25, 0.3) is 0 Å². The SMILES string of the molecule is CCc1cccc(OCCC(N)C#N)c1. The molecule has 0 aliphatic heterocycles. The van der Waals surface area contributed by atoms with Gasteiger partial charge in [-0.05, 0) is 24.1 Å². The highest BCUT2D eigenvalue weighted by Crippen LogP contribution is 2.13. The summed E-state index contributed by atoms with van der Waals surface area (Å²) in [4.78, 5) is 0. The minimum Gasteiger partial charge on any atom is -0.493 e. The fourth-order valence-electron chi connectivity index (χ4n) is 1.22. The highest BCUT2D eigenvalue weighted by atomic mass is 16.5. The quantitative estimate of drug-likeness (QED) is 0.796. The maximum atomic E-state index is 8.48. The number of benzene rings is 1. The lowest BCUT2D eigenvalue weighted by Crippen LogP contribution is -2.20. The summed E-state index contributed by atoms with van der Waals surface area (Å²) < 4.78 is 5.49. The van der Waals surface area contributed by atoms with Crippen molar-refractivity contribution in [2.75, 3.05) is 6.61 Å². The van der Waals surface area contributed by atoms with E-state index >= 15 is 0 Å². The molecule has 1 rings (SSSR count). The predicted molar refractivity (Wildman–Crippen MR) is 59.5 cm³/mol. The third kappa shape index (κ3) is 4.01. The van der Waals surface area contributed by atoms with Crippen LogP contribution in [0.25, 0.3) is 0 Å². The number of hydrogen-bond acceptors (Lipinski definition) is 3. The summed E-state index contributed by atoms with van der Waals surface area (Å²) in [5.74, 6) is 0.847. The smallest absolute Gasteiger partial charge is 0.119 e. The van der Waals surface area contributed by atoms with Gasteiger partial charge in [0.15, 0.2) is 0 Å². The first kappa shape index (κ1) is 11.5. The molecule has 0 spiro atoms. The largest absolute Gasteiger partial charge is 0.493 e. The van der Waals surface area contributed by atoms with Crippen molar-refractivity contribution in [3.8, 4) is 11.8 Å². The van der Waals surface area contributed by atoms with Gasteiger partial charge in [-0.25, -0.2) is 0 Å². The number of ether oxygens (including phenoxy) is 1. The van der Waals surface area contributed by atoms with Crippen molar-refractivity contribution < 1.29 is 4.74 Å². The molecule has 0 fully saturated rings. The summed E-state index contributed by atoms with van der Waals surface area (Å²) in [6, 6.07) is 9.50. The Bertz CT molecular complexity index is 344. The van der Waals surface area contributed by atoms with Gasteiger partial charge < -0.3 is 10.5 Å². The topological polar surface area (TPSA) is 59.0 Å². The van der Waals surface area contributed by atoms with E-state index in [2.05, 4.69) is 13.0 Å². The predicted octanol–water partition coefficient (Wildman–Crippen LogP) is 1.87. The highest BCUT2D eigenvalue weighted by Gasteiger charge is 2.00. The van der Waals surface area contributed by atoms with Crippen molar-refractivity contribution >= 4 is 0 Å². The number of hydrogen-bond donors (Lipinski definition) is 1. The van der Waals surface area contributed by atoms with Gasteiger partial charge in [0.2, 0.25) is 0 Å². The van der Waals surface area contributed by atoms with E-state index in [0.29, 0.717) is 13.0 Å². The average molecular weight is 204 g/mol. The van der Waals surface area contributed by atoms with Crippen molar-refractivity contribution in [3.05, 3.63) is 29.8 Å². The number of rotatable bonds is 5. The third-order valence-electron chi connectivity index (χ3n) is 2.17. The van der Waals surface area contributed by atoms with E-state index in [1.807, 2.05) is 24.3 Å². The zero-order chi connectivity index (χ0) is 11.1. The summed E-state index contributed by atoms with van der Waals surface area (Å²) in [6.07, 6.45) is 1.56. The molecular weight excluding hydrogens is 188 g/mol. The Balaban J connectivity index is 2.41. The van der Waals surface area contributed by atoms with Gasteiger partial charge in [-0.1, -0.05) is 19.1 Å². The fourth-order valence-corrected chi connectivity index (χ4v) is 1.22. The molecule has 1 aromatic carbocycles. The fraction of sp³-hybridized carbons (Fsp3) is 0.417. The minimum absolute atomic E-state index is 0.431. The van der Waals surface area contributed by atoms with E-state index in [1.54, 1.807) is 0 Å². The van der Waals surface area contributed by atoms with E-state index in [4.69, 9.17) is 15.7 Å². The summed E-state index contributed by atoms with van der Waals surface area (Å²) in [6.45, 7) is 2.59. The van der Waals surface area contributed by atoms with Crippen LogP contribution in [0.15, 0.2) is 24.3 Å². The van der Waals surface area contributed by atoms with Crippen molar-refractivity contribution in [2.45, 2.75) is 25.8 Å². The molecule has 3 heteroatoms. The molecule has 0 saturated heterocycles. The molecule has 0 heterocycles. The molecular formula is C12H16N2O. The van der Waals surface area contributed by atoms with Crippen LogP contribution < -0.4 is 10.5 Å². The standard InChI is InChI=1S/C12H16N2O/c1-2-10-4-3-5-12(8-10)15-7-6-11(14)9-13/h3-5,8,11H,2,6-7,14H2,1H3. The Labute approximate surface area is 90.5 Å². The molecule has 0 aromatic heterocycles. The third-order valence-corrected chi connectivity index (χ3v) is 2.17. The van der Waals surface area contributed by atoms with Crippen LogP contribution >= 0.6 is 0 Å². The Morgan fingerprint density at radius 3 is 3.00 bits per heavy atom. The lowest BCUT2D eigenvalue weighted by Gasteiger charge is -2.07. The normalized spacial score (nSPS) is 11.8. The monoisotopic (exact) mass is 204 g/mol. The van der Waals surface area contributed by atoms with Gasteiger partial charge in [-0.15, -0.1) is 0 Å². The van der Waals surface area contributed by atoms with Gasteiger partial charge in [0.05, 0.1) is 18.7 Å². The molecule has 0 aliphatic carbocycles. The first-order valence-corrected chi connectivity index (χ1v) is 5.13. The summed E-state index contributed by atoms with van der Waals surface area (Å²) in [5.41, 5.74) is 6.70. The Morgan fingerprint density at radius 2 is 2.33 bits per heavy atom. The number of nitriles is 1. The van der Waals surface area contributed by atoms with Gasteiger partial charge in [0, 0.05) is 6.42 Å². The van der Waals surface area contributed by atoms with E-state index < -0.39 is 6.04 Å². The van der Waals surface area contributed by atoms with Crippen LogP contribution in [-0.4, -0.2) is 12.6 Å².